The standard InChI is InChI=1S/C17H23N7/c1-12-3-4-16(22-21-12)24-8-13(9-24)7-18-17-14-10-23(2)6-5-15(14)19-11-20-17/h3-4,11,13H,5-10H2,1-2H3,(H,18,19,20). The van der Waals surface area contributed by atoms with Crippen molar-refractivity contribution in [1.82, 2.24) is 25.1 Å². The zero-order chi connectivity index (χ0) is 16.5. The number of aromatic nitrogens is 4. The quantitative estimate of drug-likeness (QED) is 0.903. The third-order valence-electron chi connectivity index (χ3n) is 4.82. The van der Waals surface area contributed by atoms with Gasteiger partial charge in [0.25, 0.3) is 0 Å². The number of rotatable bonds is 4. The summed E-state index contributed by atoms with van der Waals surface area (Å²) in [5, 5.41) is 11.9. The van der Waals surface area contributed by atoms with Gasteiger partial charge < -0.3 is 15.1 Å². The fourth-order valence-corrected chi connectivity index (χ4v) is 3.32. The van der Waals surface area contributed by atoms with Gasteiger partial charge in [-0.1, -0.05) is 0 Å². The molecule has 0 atom stereocenters. The molecule has 0 radical (unpaired) electrons. The highest BCUT2D eigenvalue weighted by atomic mass is 15.3. The van der Waals surface area contributed by atoms with Gasteiger partial charge in [-0.3, -0.25) is 0 Å². The van der Waals surface area contributed by atoms with E-state index in [4.69, 9.17) is 0 Å². The lowest BCUT2D eigenvalue weighted by Gasteiger charge is -2.40. The Balaban J connectivity index is 1.33. The molecule has 1 saturated heterocycles. The summed E-state index contributed by atoms with van der Waals surface area (Å²) in [6.45, 7) is 6.91. The molecule has 2 aromatic heterocycles. The number of aryl methyl sites for hydroxylation is 1. The summed E-state index contributed by atoms with van der Waals surface area (Å²) in [6.07, 6.45) is 2.69. The molecule has 7 heteroatoms. The van der Waals surface area contributed by atoms with Crippen molar-refractivity contribution in [2.75, 3.05) is 43.4 Å². The predicted octanol–water partition coefficient (Wildman–Crippen LogP) is 1.11. The van der Waals surface area contributed by atoms with Crippen LogP contribution in [0.1, 0.15) is 17.0 Å². The van der Waals surface area contributed by atoms with E-state index in [-0.39, 0.29) is 0 Å². The Bertz CT molecular complexity index is 709. The average molecular weight is 325 g/mol. The molecule has 0 unspecified atom stereocenters. The normalized spacial score (nSPS) is 18.2. The Morgan fingerprint density at radius 1 is 1.21 bits per heavy atom. The van der Waals surface area contributed by atoms with Crippen LogP contribution in [-0.4, -0.2) is 58.3 Å². The van der Waals surface area contributed by atoms with Crippen LogP contribution in [0.15, 0.2) is 18.5 Å². The minimum Gasteiger partial charge on any atom is -0.369 e. The number of likely N-dealkylation sites (N-methyl/N-ethyl adjacent to an activating group) is 1. The molecule has 2 aliphatic rings. The minimum absolute atomic E-state index is 0.611. The van der Waals surface area contributed by atoms with E-state index in [2.05, 4.69) is 42.3 Å². The minimum atomic E-state index is 0.611. The molecule has 4 rings (SSSR count). The van der Waals surface area contributed by atoms with Gasteiger partial charge in [-0.2, -0.15) is 5.10 Å². The summed E-state index contributed by atoms with van der Waals surface area (Å²) in [6, 6.07) is 4.06. The van der Waals surface area contributed by atoms with Gasteiger partial charge in [0, 0.05) is 50.6 Å². The lowest BCUT2D eigenvalue weighted by atomic mass is 10.00. The molecule has 2 aromatic rings. The number of nitrogens with one attached hydrogen (secondary N) is 1. The number of hydrogen-bond acceptors (Lipinski definition) is 7. The highest BCUT2D eigenvalue weighted by Crippen LogP contribution is 2.25. The summed E-state index contributed by atoms with van der Waals surface area (Å²) < 4.78 is 0. The highest BCUT2D eigenvalue weighted by molar-refractivity contribution is 5.47. The van der Waals surface area contributed by atoms with Gasteiger partial charge in [-0.05, 0) is 26.1 Å². The van der Waals surface area contributed by atoms with Crippen LogP contribution in [0, 0.1) is 12.8 Å². The fourth-order valence-electron chi connectivity index (χ4n) is 3.32. The molecule has 1 N–H and O–H groups in total. The molecule has 0 bridgehead atoms. The molecule has 126 valence electrons. The first-order valence-corrected chi connectivity index (χ1v) is 8.49. The Kier molecular flexibility index (Phi) is 4.02. The lowest BCUT2D eigenvalue weighted by Crippen LogP contribution is -2.50. The first-order valence-electron chi connectivity index (χ1n) is 8.49. The van der Waals surface area contributed by atoms with Crippen molar-refractivity contribution in [3.05, 3.63) is 35.4 Å². The van der Waals surface area contributed by atoms with Crippen LogP contribution in [0.4, 0.5) is 11.6 Å². The van der Waals surface area contributed by atoms with Gasteiger partial charge in [0.2, 0.25) is 0 Å². The highest BCUT2D eigenvalue weighted by Gasteiger charge is 2.28. The largest absolute Gasteiger partial charge is 0.369 e. The van der Waals surface area contributed by atoms with Crippen LogP contribution in [0.3, 0.4) is 0 Å². The number of hydrogen-bond donors (Lipinski definition) is 1. The maximum absolute atomic E-state index is 4.46. The Morgan fingerprint density at radius 3 is 2.88 bits per heavy atom. The summed E-state index contributed by atoms with van der Waals surface area (Å²) >= 11 is 0. The van der Waals surface area contributed by atoms with Gasteiger partial charge in [0.05, 0.1) is 11.4 Å². The third kappa shape index (κ3) is 3.03. The van der Waals surface area contributed by atoms with Crippen LogP contribution >= 0.6 is 0 Å². The SMILES string of the molecule is Cc1ccc(N2CC(CNc3ncnc4c3CN(C)CC4)C2)nn1. The molecule has 24 heavy (non-hydrogen) atoms. The lowest BCUT2D eigenvalue weighted by molar-refractivity contribution is 0.309. The van der Waals surface area contributed by atoms with Gasteiger partial charge in [-0.15, -0.1) is 5.10 Å². The molecule has 0 saturated carbocycles. The van der Waals surface area contributed by atoms with E-state index in [1.54, 1.807) is 6.33 Å². The maximum Gasteiger partial charge on any atom is 0.151 e. The summed E-state index contributed by atoms with van der Waals surface area (Å²) in [5.74, 6) is 2.58. The van der Waals surface area contributed by atoms with E-state index in [0.717, 1.165) is 56.5 Å². The van der Waals surface area contributed by atoms with Crippen molar-refractivity contribution in [3.63, 3.8) is 0 Å². The predicted molar refractivity (Wildman–Crippen MR) is 93.0 cm³/mol. The average Bonchev–Trinajstić information content (AvgIpc) is 2.55. The second-order valence-electron chi connectivity index (χ2n) is 6.82. The van der Waals surface area contributed by atoms with Crippen LogP contribution < -0.4 is 10.2 Å². The van der Waals surface area contributed by atoms with Crippen molar-refractivity contribution in [2.24, 2.45) is 5.92 Å². The van der Waals surface area contributed by atoms with E-state index in [0.29, 0.717) is 5.92 Å². The zero-order valence-corrected chi connectivity index (χ0v) is 14.2. The van der Waals surface area contributed by atoms with Crippen molar-refractivity contribution in [2.45, 2.75) is 19.9 Å². The third-order valence-corrected chi connectivity index (χ3v) is 4.82. The monoisotopic (exact) mass is 325 g/mol. The molecule has 0 aliphatic carbocycles. The second-order valence-corrected chi connectivity index (χ2v) is 6.82. The first-order chi connectivity index (χ1) is 11.7. The van der Waals surface area contributed by atoms with Crippen molar-refractivity contribution in [1.29, 1.82) is 0 Å². The van der Waals surface area contributed by atoms with Crippen molar-refractivity contribution < 1.29 is 0 Å². The van der Waals surface area contributed by atoms with E-state index in [1.807, 2.05) is 19.1 Å². The Morgan fingerprint density at radius 2 is 2.08 bits per heavy atom. The van der Waals surface area contributed by atoms with Gasteiger partial charge >= 0.3 is 0 Å². The Labute approximate surface area is 142 Å². The Hall–Kier alpha value is -2.28. The van der Waals surface area contributed by atoms with Gasteiger partial charge in [0.15, 0.2) is 5.82 Å². The van der Waals surface area contributed by atoms with Gasteiger partial charge in [-0.25, -0.2) is 9.97 Å². The zero-order valence-electron chi connectivity index (χ0n) is 14.2. The smallest absolute Gasteiger partial charge is 0.151 e. The molecular formula is C17H23N7. The molecule has 0 aromatic carbocycles. The van der Waals surface area contributed by atoms with Crippen LogP contribution in [0.25, 0.3) is 0 Å². The summed E-state index contributed by atoms with van der Waals surface area (Å²) in [4.78, 5) is 13.5. The molecule has 4 heterocycles. The molecule has 7 nitrogen and oxygen atoms in total. The second kappa shape index (κ2) is 6.32. The van der Waals surface area contributed by atoms with E-state index >= 15 is 0 Å². The van der Waals surface area contributed by atoms with E-state index < -0.39 is 0 Å². The number of nitrogens with zero attached hydrogens (tertiary/aromatic N) is 6. The first kappa shape index (κ1) is 15.3. The molecule has 0 amide bonds. The van der Waals surface area contributed by atoms with E-state index in [1.165, 1.54) is 11.3 Å². The molecular weight excluding hydrogens is 302 g/mol. The van der Waals surface area contributed by atoms with Crippen LogP contribution in [0.2, 0.25) is 0 Å². The topological polar surface area (TPSA) is 70.1 Å². The molecule has 2 aliphatic heterocycles. The van der Waals surface area contributed by atoms with E-state index in [9.17, 15) is 0 Å². The van der Waals surface area contributed by atoms with Crippen LogP contribution in [0.5, 0.6) is 0 Å². The van der Waals surface area contributed by atoms with Crippen molar-refractivity contribution in [3.8, 4) is 0 Å². The maximum atomic E-state index is 4.46. The summed E-state index contributed by atoms with van der Waals surface area (Å²) in [5.41, 5.74) is 3.40. The molecule has 1 fully saturated rings. The van der Waals surface area contributed by atoms with Crippen molar-refractivity contribution >= 4 is 11.6 Å². The van der Waals surface area contributed by atoms with Gasteiger partial charge in [0.1, 0.15) is 12.1 Å². The van der Waals surface area contributed by atoms with Crippen LogP contribution in [-0.2, 0) is 13.0 Å². The fraction of sp³-hybridized carbons (Fsp3) is 0.529. The molecule has 0 spiro atoms. The summed E-state index contributed by atoms with van der Waals surface area (Å²) in [7, 11) is 2.14. The number of fused-ring (bicyclic) bond motifs is 1. The number of anilines is 2.